The summed E-state index contributed by atoms with van der Waals surface area (Å²) in [7, 11) is 0. The molecule has 3 rings (SSSR count). The highest BCUT2D eigenvalue weighted by atomic mass is 35.5. The molecule has 2 aromatic carbocycles. The van der Waals surface area contributed by atoms with Crippen LogP contribution in [0.4, 0.5) is 5.82 Å². The van der Waals surface area contributed by atoms with Crippen molar-refractivity contribution in [1.82, 2.24) is 9.78 Å². The van der Waals surface area contributed by atoms with Gasteiger partial charge in [-0.3, -0.25) is 9.48 Å². The molecular formula is C18H16ClN3O. The maximum Gasteiger partial charge on any atom is 0.256 e. The average molecular weight is 326 g/mol. The van der Waals surface area contributed by atoms with E-state index in [1.54, 1.807) is 16.8 Å². The Hall–Kier alpha value is -2.59. The number of rotatable bonds is 4. The highest BCUT2D eigenvalue weighted by molar-refractivity contribution is 6.31. The van der Waals surface area contributed by atoms with Crippen molar-refractivity contribution in [2.45, 2.75) is 13.5 Å². The zero-order valence-electron chi connectivity index (χ0n) is 12.7. The molecule has 0 saturated carbocycles. The number of nitrogens with zero attached hydrogens (tertiary/aromatic N) is 2. The molecule has 116 valence electrons. The Morgan fingerprint density at radius 1 is 1.17 bits per heavy atom. The molecule has 1 aromatic heterocycles. The van der Waals surface area contributed by atoms with Gasteiger partial charge in [-0.15, -0.1) is 0 Å². The monoisotopic (exact) mass is 325 g/mol. The van der Waals surface area contributed by atoms with Crippen LogP contribution in [0.3, 0.4) is 0 Å². The zero-order valence-corrected chi connectivity index (χ0v) is 13.4. The third kappa shape index (κ3) is 3.79. The summed E-state index contributed by atoms with van der Waals surface area (Å²) in [4.78, 5) is 12.2. The van der Waals surface area contributed by atoms with Crippen LogP contribution in [0.5, 0.6) is 0 Å². The normalized spacial score (nSPS) is 10.5. The number of aromatic nitrogens is 2. The minimum atomic E-state index is -0.170. The van der Waals surface area contributed by atoms with E-state index in [1.165, 1.54) is 0 Å². The number of anilines is 1. The van der Waals surface area contributed by atoms with Crippen LogP contribution in [0.1, 0.15) is 21.5 Å². The largest absolute Gasteiger partial charge is 0.305 e. The van der Waals surface area contributed by atoms with Crippen LogP contribution < -0.4 is 5.32 Å². The standard InChI is InChI=1S/C18H16ClN3O/c1-13-5-4-7-14(11-13)18(23)20-17-9-10-22(21-17)12-15-6-2-3-8-16(15)19/h2-11H,12H2,1H3,(H,20,21,23). The van der Waals surface area contributed by atoms with Gasteiger partial charge in [-0.2, -0.15) is 5.10 Å². The number of carbonyl (C=O) groups excluding carboxylic acids is 1. The van der Waals surface area contributed by atoms with E-state index in [2.05, 4.69) is 10.4 Å². The van der Waals surface area contributed by atoms with Crippen molar-refractivity contribution < 1.29 is 4.79 Å². The van der Waals surface area contributed by atoms with Gasteiger partial charge in [0, 0.05) is 22.8 Å². The number of hydrogen-bond donors (Lipinski definition) is 1. The molecule has 0 saturated heterocycles. The highest BCUT2D eigenvalue weighted by Crippen LogP contribution is 2.16. The molecule has 1 N–H and O–H groups in total. The Morgan fingerprint density at radius 2 is 2.00 bits per heavy atom. The Morgan fingerprint density at radius 3 is 2.78 bits per heavy atom. The van der Waals surface area contributed by atoms with E-state index in [9.17, 15) is 4.79 Å². The van der Waals surface area contributed by atoms with Gasteiger partial charge in [-0.1, -0.05) is 47.5 Å². The van der Waals surface area contributed by atoms with Gasteiger partial charge < -0.3 is 5.32 Å². The van der Waals surface area contributed by atoms with Crippen LogP contribution in [0, 0.1) is 6.92 Å². The van der Waals surface area contributed by atoms with Crippen LogP contribution in [-0.4, -0.2) is 15.7 Å². The van der Waals surface area contributed by atoms with Crippen molar-refractivity contribution in [2.75, 3.05) is 5.32 Å². The van der Waals surface area contributed by atoms with E-state index < -0.39 is 0 Å². The summed E-state index contributed by atoms with van der Waals surface area (Å²) in [6, 6.07) is 16.8. The van der Waals surface area contributed by atoms with Crippen LogP contribution >= 0.6 is 11.6 Å². The number of nitrogens with one attached hydrogen (secondary N) is 1. The van der Waals surface area contributed by atoms with Gasteiger partial charge in [0.2, 0.25) is 0 Å². The van der Waals surface area contributed by atoms with Crippen LogP contribution in [-0.2, 0) is 6.54 Å². The van der Waals surface area contributed by atoms with Crippen molar-refractivity contribution in [2.24, 2.45) is 0 Å². The maximum atomic E-state index is 12.2. The van der Waals surface area contributed by atoms with E-state index in [0.29, 0.717) is 22.9 Å². The van der Waals surface area contributed by atoms with Gasteiger partial charge in [-0.25, -0.2) is 0 Å². The predicted octanol–water partition coefficient (Wildman–Crippen LogP) is 4.15. The number of benzene rings is 2. The Balaban J connectivity index is 1.70. The number of amides is 1. The first-order chi connectivity index (χ1) is 11.1. The second kappa shape index (κ2) is 6.67. The fourth-order valence-corrected chi connectivity index (χ4v) is 2.49. The van der Waals surface area contributed by atoms with E-state index in [-0.39, 0.29) is 5.91 Å². The first-order valence-corrected chi connectivity index (χ1v) is 7.64. The van der Waals surface area contributed by atoms with E-state index >= 15 is 0 Å². The molecule has 0 spiro atoms. The van der Waals surface area contributed by atoms with Crippen molar-refractivity contribution in [1.29, 1.82) is 0 Å². The quantitative estimate of drug-likeness (QED) is 0.783. The molecule has 0 aliphatic carbocycles. The summed E-state index contributed by atoms with van der Waals surface area (Å²) >= 11 is 6.15. The molecule has 0 bridgehead atoms. The molecule has 0 aliphatic heterocycles. The molecular weight excluding hydrogens is 310 g/mol. The molecule has 4 nitrogen and oxygen atoms in total. The number of carbonyl (C=O) groups is 1. The molecule has 0 unspecified atom stereocenters. The van der Waals surface area contributed by atoms with Gasteiger partial charge in [0.1, 0.15) is 0 Å². The lowest BCUT2D eigenvalue weighted by atomic mass is 10.1. The van der Waals surface area contributed by atoms with Gasteiger partial charge >= 0.3 is 0 Å². The summed E-state index contributed by atoms with van der Waals surface area (Å²) < 4.78 is 1.74. The lowest BCUT2D eigenvalue weighted by Gasteiger charge is -2.05. The highest BCUT2D eigenvalue weighted by Gasteiger charge is 2.08. The number of hydrogen-bond acceptors (Lipinski definition) is 2. The minimum absolute atomic E-state index is 0.170. The Kier molecular flexibility index (Phi) is 4.44. The molecule has 1 heterocycles. The van der Waals surface area contributed by atoms with Crippen LogP contribution in [0.15, 0.2) is 60.8 Å². The van der Waals surface area contributed by atoms with Gasteiger partial charge in [0.25, 0.3) is 5.91 Å². The predicted molar refractivity (Wildman–Crippen MR) is 91.9 cm³/mol. The third-order valence-electron chi connectivity index (χ3n) is 3.45. The van der Waals surface area contributed by atoms with E-state index in [1.807, 2.05) is 55.6 Å². The van der Waals surface area contributed by atoms with E-state index in [0.717, 1.165) is 11.1 Å². The summed E-state index contributed by atoms with van der Waals surface area (Å²) in [5, 5.41) is 7.87. The molecule has 1 amide bonds. The topological polar surface area (TPSA) is 46.9 Å². The maximum absolute atomic E-state index is 12.2. The second-order valence-corrected chi connectivity index (χ2v) is 5.72. The minimum Gasteiger partial charge on any atom is -0.305 e. The average Bonchev–Trinajstić information content (AvgIpc) is 2.97. The van der Waals surface area contributed by atoms with Crippen molar-refractivity contribution in [3.8, 4) is 0 Å². The second-order valence-electron chi connectivity index (χ2n) is 5.31. The molecule has 5 heteroatoms. The SMILES string of the molecule is Cc1cccc(C(=O)Nc2ccn(Cc3ccccc3Cl)n2)c1. The smallest absolute Gasteiger partial charge is 0.256 e. The molecule has 0 fully saturated rings. The summed E-state index contributed by atoms with van der Waals surface area (Å²) in [5.41, 5.74) is 2.64. The first-order valence-electron chi connectivity index (χ1n) is 7.27. The van der Waals surface area contributed by atoms with Crippen molar-refractivity contribution in [3.05, 3.63) is 82.5 Å². The van der Waals surface area contributed by atoms with Gasteiger partial charge in [-0.05, 0) is 30.7 Å². The molecule has 3 aromatic rings. The van der Waals surface area contributed by atoms with Gasteiger partial charge in [0.05, 0.1) is 6.54 Å². The van der Waals surface area contributed by atoms with Crippen LogP contribution in [0.2, 0.25) is 5.02 Å². The number of aryl methyl sites for hydroxylation is 1. The van der Waals surface area contributed by atoms with Crippen molar-refractivity contribution >= 4 is 23.3 Å². The van der Waals surface area contributed by atoms with Crippen molar-refractivity contribution in [3.63, 3.8) is 0 Å². The summed E-state index contributed by atoms with van der Waals surface area (Å²) in [6.07, 6.45) is 1.81. The lowest BCUT2D eigenvalue weighted by Crippen LogP contribution is -2.13. The molecule has 0 radical (unpaired) electrons. The Labute approximate surface area is 139 Å². The first kappa shape index (κ1) is 15.3. The summed E-state index contributed by atoms with van der Waals surface area (Å²) in [5.74, 6) is 0.347. The molecule has 0 atom stereocenters. The molecule has 0 aliphatic rings. The molecule has 23 heavy (non-hydrogen) atoms. The summed E-state index contributed by atoms with van der Waals surface area (Å²) in [6.45, 7) is 2.51. The third-order valence-corrected chi connectivity index (χ3v) is 3.82. The van der Waals surface area contributed by atoms with Crippen LogP contribution in [0.25, 0.3) is 0 Å². The lowest BCUT2D eigenvalue weighted by molar-refractivity contribution is 0.102. The fraction of sp³-hybridized carbons (Fsp3) is 0.111. The zero-order chi connectivity index (χ0) is 16.2. The fourth-order valence-electron chi connectivity index (χ4n) is 2.29. The Bertz CT molecular complexity index is 842. The number of halogens is 1. The van der Waals surface area contributed by atoms with Gasteiger partial charge in [0.15, 0.2) is 5.82 Å². The van der Waals surface area contributed by atoms with E-state index in [4.69, 9.17) is 11.6 Å².